The van der Waals surface area contributed by atoms with Crippen LogP contribution in [0.2, 0.25) is 0 Å². The molecule has 0 spiro atoms. The van der Waals surface area contributed by atoms with Gasteiger partial charge in [0.05, 0.1) is 5.56 Å². The molecule has 1 amide bonds. The second kappa shape index (κ2) is 4.35. The van der Waals surface area contributed by atoms with E-state index in [1.807, 2.05) is 25.1 Å². The minimum absolute atomic E-state index is 0.0373. The van der Waals surface area contributed by atoms with Gasteiger partial charge < -0.3 is 5.32 Å². The monoisotopic (exact) mass is 267 g/mol. The average Bonchev–Trinajstić information content (AvgIpc) is 2.15. The Balaban J connectivity index is 2.13. The number of amides is 1. The molecule has 0 radical (unpaired) electrons. The Morgan fingerprint density at radius 3 is 2.80 bits per heavy atom. The summed E-state index contributed by atoms with van der Waals surface area (Å²) in [7, 11) is 0. The van der Waals surface area contributed by atoms with Gasteiger partial charge in [0.15, 0.2) is 0 Å². The van der Waals surface area contributed by atoms with Gasteiger partial charge >= 0.3 is 0 Å². The van der Waals surface area contributed by atoms with Crippen molar-refractivity contribution in [3.8, 4) is 0 Å². The minimum atomic E-state index is 0.0373. The normalized spacial score (nSPS) is 15.9. The highest BCUT2D eigenvalue weighted by atomic mass is 79.9. The number of rotatable bonds is 2. The summed E-state index contributed by atoms with van der Waals surface area (Å²) >= 11 is 3.45. The Kier molecular flexibility index (Phi) is 3.10. The van der Waals surface area contributed by atoms with E-state index in [1.165, 1.54) is 6.42 Å². The van der Waals surface area contributed by atoms with Crippen LogP contribution in [0.25, 0.3) is 0 Å². The standard InChI is InChI=1S/C12H14BrNO/c1-8-4-2-7-10(11(8)13)12(15)14-9-5-3-6-9/h2,4,7,9H,3,5-6H2,1H3,(H,14,15). The van der Waals surface area contributed by atoms with Crippen molar-refractivity contribution in [3.05, 3.63) is 33.8 Å². The Labute approximate surface area is 98.2 Å². The molecule has 0 bridgehead atoms. The van der Waals surface area contributed by atoms with E-state index in [4.69, 9.17) is 0 Å². The van der Waals surface area contributed by atoms with Crippen molar-refractivity contribution in [2.75, 3.05) is 0 Å². The molecule has 1 saturated carbocycles. The molecule has 0 aromatic heterocycles. The van der Waals surface area contributed by atoms with Crippen LogP contribution < -0.4 is 5.32 Å². The number of benzene rings is 1. The molecule has 80 valence electrons. The van der Waals surface area contributed by atoms with Crippen LogP contribution in [-0.4, -0.2) is 11.9 Å². The number of carbonyl (C=O) groups is 1. The van der Waals surface area contributed by atoms with Crippen molar-refractivity contribution in [1.29, 1.82) is 0 Å². The molecule has 3 heteroatoms. The fraction of sp³-hybridized carbons (Fsp3) is 0.417. The van der Waals surface area contributed by atoms with Crippen molar-refractivity contribution >= 4 is 21.8 Å². The molecular weight excluding hydrogens is 254 g/mol. The summed E-state index contributed by atoms with van der Waals surface area (Å²) in [6.45, 7) is 1.99. The van der Waals surface area contributed by atoms with E-state index in [0.717, 1.165) is 28.4 Å². The molecule has 15 heavy (non-hydrogen) atoms. The third-order valence-electron chi connectivity index (χ3n) is 2.88. The quantitative estimate of drug-likeness (QED) is 0.877. The number of nitrogens with one attached hydrogen (secondary N) is 1. The molecular formula is C12H14BrNO. The summed E-state index contributed by atoms with van der Waals surface area (Å²) in [4.78, 5) is 11.9. The van der Waals surface area contributed by atoms with Crippen molar-refractivity contribution in [3.63, 3.8) is 0 Å². The summed E-state index contributed by atoms with van der Waals surface area (Å²) < 4.78 is 0.904. The van der Waals surface area contributed by atoms with Crippen LogP contribution in [0.5, 0.6) is 0 Å². The molecule has 0 heterocycles. The van der Waals surface area contributed by atoms with Gasteiger partial charge in [-0.15, -0.1) is 0 Å². The SMILES string of the molecule is Cc1cccc(C(=O)NC2CCC2)c1Br. The molecule has 1 aromatic carbocycles. The van der Waals surface area contributed by atoms with E-state index >= 15 is 0 Å². The van der Waals surface area contributed by atoms with Gasteiger partial charge in [-0.1, -0.05) is 12.1 Å². The Bertz CT molecular complexity index is 385. The van der Waals surface area contributed by atoms with E-state index in [1.54, 1.807) is 0 Å². The maximum Gasteiger partial charge on any atom is 0.252 e. The average molecular weight is 268 g/mol. The molecule has 0 unspecified atom stereocenters. The van der Waals surface area contributed by atoms with E-state index in [2.05, 4.69) is 21.2 Å². The first-order chi connectivity index (χ1) is 7.18. The number of aryl methyl sites for hydroxylation is 1. The van der Waals surface area contributed by atoms with E-state index in [0.29, 0.717) is 6.04 Å². The zero-order valence-electron chi connectivity index (χ0n) is 8.72. The smallest absolute Gasteiger partial charge is 0.252 e. The fourth-order valence-corrected chi connectivity index (χ4v) is 2.08. The summed E-state index contributed by atoms with van der Waals surface area (Å²) in [5.41, 5.74) is 1.83. The second-order valence-corrected chi connectivity index (χ2v) is 4.83. The maximum absolute atomic E-state index is 11.9. The van der Waals surface area contributed by atoms with Gasteiger partial charge in [-0.25, -0.2) is 0 Å². The fourth-order valence-electron chi connectivity index (χ4n) is 1.64. The zero-order valence-corrected chi connectivity index (χ0v) is 10.3. The summed E-state index contributed by atoms with van der Waals surface area (Å²) in [5.74, 6) is 0.0373. The van der Waals surface area contributed by atoms with Crippen LogP contribution in [0.3, 0.4) is 0 Å². The molecule has 1 aliphatic carbocycles. The number of hydrogen-bond acceptors (Lipinski definition) is 1. The van der Waals surface area contributed by atoms with Gasteiger partial charge in [0, 0.05) is 10.5 Å². The van der Waals surface area contributed by atoms with Crippen molar-refractivity contribution in [1.82, 2.24) is 5.32 Å². The van der Waals surface area contributed by atoms with Crippen LogP contribution in [0, 0.1) is 6.92 Å². The molecule has 1 aliphatic rings. The molecule has 0 aliphatic heterocycles. The summed E-state index contributed by atoms with van der Waals surface area (Å²) in [6, 6.07) is 6.15. The van der Waals surface area contributed by atoms with E-state index < -0.39 is 0 Å². The molecule has 2 rings (SSSR count). The predicted molar refractivity (Wildman–Crippen MR) is 64.0 cm³/mol. The Morgan fingerprint density at radius 2 is 2.20 bits per heavy atom. The van der Waals surface area contributed by atoms with Gasteiger partial charge in [-0.3, -0.25) is 4.79 Å². The summed E-state index contributed by atoms with van der Waals surface area (Å²) in [5, 5.41) is 3.03. The highest BCUT2D eigenvalue weighted by Gasteiger charge is 2.21. The lowest BCUT2D eigenvalue weighted by molar-refractivity contribution is 0.0916. The molecule has 2 nitrogen and oxygen atoms in total. The van der Waals surface area contributed by atoms with Gasteiger partial charge in [0.1, 0.15) is 0 Å². The first kappa shape index (κ1) is 10.7. The number of halogens is 1. The van der Waals surface area contributed by atoms with E-state index in [9.17, 15) is 4.79 Å². The van der Waals surface area contributed by atoms with Gasteiger partial charge in [0.2, 0.25) is 0 Å². The highest BCUT2D eigenvalue weighted by Crippen LogP contribution is 2.23. The lowest BCUT2D eigenvalue weighted by Gasteiger charge is -2.26. The largest absolute Gasteiger partial charge is 0.349 e. The van der Waals surface area contributed by atoms with Gasteiger partial charge in [0.25, 0.3) is 5.91 Å². The molecule has 1 fully saturated rings. The Hall–Kier alpha value is -0.830. The topological polar surface area (TPSA) is 29.1 Å². The Morgan fingerprint density at radius 1 is 1.47 bits per heavy atom. The number of carbonyl (C=O) groups excluding carboxylic acids is 1. The van der Waals surface area contributed by atoms with Gasteiger partial charge in [-0.05, 0) is 53.7 Å². The second-order valence-electron chi connectivity index (χ2n) is 4.04. The lowest BCUT2D eigenvalue weighted by atomic mass is 9.93. The maximum atomic E-state index is 11.9. The number of hydrogen-bond donors (Lipinski definition) is 1. The van der Waals surface area contributed by atoms with Crippen LogP contribution in [0.1, 0.15) is 35.2 Å². The molecule has 0 saturated heterocycles. The molecule has 1 aromatic rings. The first-order valence-corrected chi connectivity index (χ1v) is 6.04. The van der Waals surface area contributed by atoms with Crippen LogP contribution in [0.4, 0.5) is 0 Å². The molecule has 0 atom stereocenters. The minimum Gasteiger partial charge on any atom is -0.349 e. The zero-order chi connectivity index (χ0) is 10.8. The highest BCUT2D eigenvalue weighted by molar-refractivity contribution is 9.10. The van der Waals surface area contributed by atoms with Crippen LogP contribution >= 0.6 is 15.9 Å². The van der Waals surface area contributed by atoms with E-state index in [-0.39, 0.29) is 5.91 Å². The van der Waals surface area contributed by atoms with Crippen molar-refractivity contribution in [2.24, 2.45) is 0 Å². The third kappa shape index (κ3) is 2.23. The van der Waals surface area contributed by atoms with Crippen molar-refractivity contribution < 1.29 is 4.79 Å². The molecule has 1 N–H and O–H groups in total. The van der Waals surface area contributed by atoms with Crippen LogP contribution in [0.15, 0.2) is 22.7 Å². The lowest BCUT2D eigenvalue weighted by Crippen LogP contribution is -2.39. The summed E-state index contributed by atoms with van der Waals surface area (Å²) in [6.07, 6.45) is 3.48. The first-order valence-electron chi connectivity index (χ1n) is 5.24. The van der Waals surface area contributed by atoms with Gasteiger partial charge in [-0.2, -0.15) is 0 Å². The third-order valence-corrected chi connectivity index (χ3v) is 3.93. The van der Waals surface area contributed by atoms with Crippen molar-refractivity contribution in [2.45, 2.75) is 32.2 Å². The predicted octanol–water partition coefficient (Wildman–Crippen LogP) is 3.04. The van der Waals surface area contributed by atoms with Crippen LogP contribution in [-0.2, 0) is 0 Å².